The van der Waals surface area contributed by atoms with Gasteiger partial charge in [-0.2, -0.15) is 4.31 Å². The Labute approximate surface area is 114 Å². The van der Waals surface area contributed by atoms with Crippen LogP contribution in [0, 0.1) is 11.8 Å². The molecule has 0 saturated heterocycles. The van der Waals surface area contributed by atoms with Gasteiger partial charge in [0.25, 0.3) is 0 Å². The highest BCUT2D eigenvalue weighted by Gasteiger charge is 2.21. The maximum Gasteiger partial charge on any atom is 0.242 e. The Balaban J connectivity index is 2.96. The summed E-state index contributed by atoms with van der Waals surface area (Å²) in [6, 6.07) is 6.25. The third kappa shape index (κ3) is 4.33. The molecule has 1 atom stereocenters. The van der Waals surface area contributed by atoms with Crippen LogP contribution in [0.3, 0.4) is 0 Å². The number of hydrogen-bond donors (Lipinski definition) is 2. The lowest BCUT2D eigenvalue weighted by molar-refractivity contribution is 0.171. The topological polar surface area (TPSA) is 83.6 Å². The van der Waals surface area contributed by atoms with Crippen molar-refractivity contribution in [2.45, 2.75) is 17.9 Å². The SMILES string of the molecule is CC(O)CN(C)S(=O)(=O)c1ccc(C#CCN)cc1. The molecule has 3 N–H and O–H groups in total. The number of aliphatic hydroxyl groups is 1. The summed E-state index contributed by atoms with van der Waals surface area (Å²) in [6.07, 6.45) is -0.713. The van der Waals surface area contributed by atoms with E-state index in [9.17, 15) is 13.5 Å². The van der Waals surface area contributed by atoms with E-state index in [0.717, 1.165) is 4.31 Å². The largest absolute Gasteiger partial charge is 0.392 e. The monoisotopic (exact) mass is 282 g/mol. The van der Waals surface area contributed by atoms with E-state index >= 15 is 0 Å². The lowest BCUT2D eigenvalue weighted by atomic mass is 10.2. The van der Waals surface area contributed by atoms with Crippen LogP contribution in [0.15, 0.2) is 29.2 Å². The third-order valence-electron chi connectivity index (χ3n) is 2.42. The number of benzene rings is 1. The smallest absolute Gasteiger partial charge is 0.242 e. The third-order valence-corrected chi connectivity index (χ3v) is 4.26. The second-order valence-electron chi connectivity index (χ2n) is 4.16. The van der Waals surface area contributed by atoms with Gasteiger partial charge in [0.2, 0.25) is 10.0 Å². The predicted octanol–water partition coefficient (Wildman–Crippen LogP) is -0.00190. The van der Waals surface area contributed by atoms with Crippen molar-refractivity contribution in [3.8, 4) is 11.8 Å². The molecule has 1 rings (SSSR count). The molecule has 0 heterocycles. The second-order valence-corrected chi connectivity index (χ2v) is 6.21. The summed E-state index contributed by atoms with van der Waals surface area (Å²) >= 11 is 0. The van der Waals surface area contributed by atoms with E-state index < -0.39 is 16.1 Å². The van der Waals surface area contributed by atoms with Gasteiger partial charge in [-0.25, -0.2) is 8.42 Å². The van der Waals surface area contributed by atoms with Gasteiger partial charge in [0.1, 0.15) is 0 Å². The standard InChI is InChI=1S/C13H18N2O3S/c1-11(16)10-15(2)19(17,18)13-7-5-12(6-8-13)4-3-9-14/h5-8,11,16H,9-10,14H2,1-2H3. The first-order chi connectivity index (χ1) is 8.87. The summed E-state index contributed by atoms with van der Waals surface area (Å²) in [7, 11) is -2.14. The van der Waals surface area contributed by atoms with Crippen molar-refractivity contribution in [2.24, 2.45) is 5.73 Å². The number of nitrogens with two attached hydrogens (primary N) is 1. The van der Waals surface area contributed by atoms with Crippen LogP contribution in [0.2, 0.25) is 0 Å². The highest BCUT2D eigenvalue weighted by Crippen LogP contribution is 2.15. The van der Waals surface area contributed by atoms with E-state index in [0.29, 0.717) is 5.56 Å². The molecule has 104 valence electrons. The Morgan fingerprint density at radius 1 is 1.37 bits per heavy atom. The average molecular weight is 282 g/mol. The Morgan fingerprint density at radius 2 is 1.95 bits per heavy atom. The van der Waals surface area contributed by atoms with Crippen molar-refractivity contribution in [3.05, 3.63) is 29.8 Å². The van der Waals surface area contributed by atoms with E-state index in [2.05, 4.69) is 11.8 Å². The van der Waals surface area contributed by atoms with Crippen molar-refractivity contribution in [1.82, 2.24) is 4.31 Å². The zero-order chi connectivity index (χ0) is 14.5. The molecule has 0 aromatic heterocycles. The number of nitrogens with zero attached hydrogens (tertiary/aromatic N) is 1. The Hall–Kier alpha value is -1.39. The molecule has 0 aliphatic heterocycles. The normalized spacial score (nSPS) is 12.9. The van der Waals surface area contributed by atoms with Gasteiger partial charge < -0.3 is 10.8 Å². The molecule has 0 bridgehead atoms. The Morgan fingerprint density at radius 3 is 2.42 bits per heavy atom. The van der Waals surface area contributed by atoms with Crippen molar-refractivity contribution in [1.29, 1.82) is 0 Å². The van der Waals surface area contributed by atoms with E-state index in [1.807, 2.05) is 0 Å². The maximum atomic E-state index is 12.2. The molecule has 0 fully saturated rings. The van der Waals surface area contributed by atoms with Crippen LogP contribution in [0.1, 0.15) is 12.5 Å². The summed E-state index contributed by atoms with van der Waals surface area (Å²) in [5.74, 6) is 5.52. The summed E-state index contributed by atoms with van der Waals surface area (Å²) in [6.45, 7) is 1.85. The molecular weight excluding hydrogens is 264 g/mol. The van der Waals surface area contributed by atoms with Gasteiger partial charge in [-0.05, 0) is 31.2 Å². The quantitative estimate of drug-likeness (QED) is 0.761. The fourth-order valence-corrected chi connectivity index (χ4v) is 2.77. The lowest BCUT2D eigenvalue weighted by Gasteiger charge is -2.18. The maximum absolute atomic E-state index is 12.2. The van der Waals surface area contributed by atoms with Gasteiger partial charge in [-0.15, -0.1) is 0 Å². The molecule has 0 radical (unpaired) electrons. The molecule has 0 spiro atoms. The minimum Gasteiger partial charge on any atom is -0.392 e. The van der Waals surface area contributed by atoms with E-state index in [1.54, 1.807) is 12.1 Å². The fourth-order valence-electron chi connectivity index (χ4n) is 1.51. The summed E-state index contributed by atoms with van der Waals surface area (Å²) < 4.78 is 25.4. The summed E-state index contributed by atoms with van der Waals surface area (Å²) in [5.41, 5.74) is 5.97. The van der Waals surface area contributed by atoms with E-state index in [-0.39, 0.29) is 18.0 Å². The van der Waals surface area contributed by atoms with E-state index in [4.69, 9.17) is 5.73 Å². The molecule has 1 unspecified atom stereocenters. The first-order valence-electron chi connectivity index (χ1n) is 5.81. The molecule has 0 aliphatic rings. The van der Waals surface area contributed by atoms with Crippen LogP contribution in [0.5, 0.6) is 0 Å². The highest BCUT2D eigenvalue weighted by molar-refractivity contribution is 7.89. The minimum atomic E-state index is -3.57. The molecule has 0 saturated carbocycles. The number of hydrogen-bond acceptors (Lipinski definition) is 4. The molecular formula is C13H18N2O3S. The molecule has 0 amide bonds. The van der Waals surface area contributed by atoms with Crippen LogP contribution < -0.4 is 5.73 Å². The van der Waals surface area contributed by atoms with Crippen LogP contribution in [0.4, 0.5) is 0 Å². The molecule has 19 heavy (non-hydrogen) atoms. The van der Waals surface area contributed by atoms with Gasteiger partial charge in [-0.3, -0.25) is 0 Å². The summed E-state index contributed by atoms with van der Waals surface area (Å²) in [4.78, 5) is 0.175. The number of rotatable bonds is 4. The van der Waals surface area contributed by atoms with Gasteiger partial charge in [0, 0.05) is 19.2 Å². The first kappa shape index (κ1) is 15.7. The number of likely N-dealkylation sites (N-methyl/N-ethyl adjacent to an activating group) is 1. The minimum absolute atomic E-state index is 0.0526. The predicted molar refractivity (Wildman–Crippen MR) is 73.9 cm³/mol. The highest BCUT2D eigenvalue weighted by atomic mass is 32.2. The Bertz CT molecular complexity index is 568. The van der Waals surface area contributed by atoms with Crippen molar-refractivity contribution in [2.75, 3.05) is 20.1 Å². The first-order valence-corrected chi connectivity index (χ1v) is 7.25. The van der Waals surface area contributed by atoms with Gasteiger partial charge in [-0.1, -0.05) is 11.8 Å². The van der Waals surface area contributed by atoms with Crippen molar-refractivity contribution in [3.63, 3.8) is 0 Å². The molecule has 1 aromatic carbocycles. The van der Waals surface area contributed by atoms with Crippen LogP contribution >= 0.6 is 0 Å². The van der Waals surface area contributed by atoms with Gasteiger partial charge in [0.15, 0.2) is 0 Å². The zero-order valence-electron chi connectivity index (χ0n) is 11.0. The number of sulfonamides is 1. The average Bonchev–Trinajstić information content (AvgIpc) is 2.36. The fraction of sp³-hybridized carbons (Fsp3) is 0.385. The lowest BCUT2D eigenvalue weighted by Crippen LogP contribution is -2.33. The summed E-state index contributed by atoms with van der Waals surface area (Å²) in [5, 5.41) is 9.24. The zero-order valence-corrected chi connectivity index (χ0v) is 11.8. The Kier molecular flexibility index (Phi) is 5.51. The molecule has 1 aromatic rings. The van der Waals surface area contributed by atoms with Gasteiger partial charge >= 0.3 is 0 Å². The number of aliphatic hydroxyl groups excluding tert-OH is 1. The van der Waals surface area contributed by atoms with Crippen LogP contribution in [-0.4, -0.2) is 44.1 Å². The molecule has 5 nitrogen and oxygen atoms in total. The van der Waals surface area contributed by atoms with Crippen molar-refractivity contribution < 1.29 is 13.5 Å². The van der Waals surface area contributed by atoms with Crippen LogP contribution in [-0.2, 0) is 10.0 Å². The second kappa shape index (κ2) is 6.68. The molecule has 6 heteroatoms. The van der Waals surface area contributed by atoms with Crippen molar-refractivity contribution >= 4 is 10.0 Å². The van der Waals surface area contributed by atoms with Crippen LogP contribution in [0.25, 0.3) is 0 Å². The van der Waals surface area contributed by atoms with Gasteiger partial charge in [0.05, 0.1) is 17.5 Å². The molecule has 0 aliphatic carbocycles. The van der Waals surface area contributed by atoms with E-state index in [1.165, 1.54) is 26.1 Å².